The van der Waals surface area contributed by atoms with E-state index < -0.39 is 6.04 Å². The lowest BCUT2D eigenvalue weighted by atomic mass is 9.93. The van der Waals surface area contributed by atoms with Crippen LogP contribution in [0.4, 0.5) is 0 Å². The first-order chi connectivity index (χ1) is 11.0. The zero-order valence-electron chi connectivity index (χ0n) is 12.7. The van der Waals surface area contributed by atoms with Crippen LogP contribution in [0.5, 0.6) is 0 Å². The number of carbonyl (C=O) groups is 2. The van der Waals surface area contributed by atoms with Gasteiger partial charge in [-0.15, -0.1) is 11.3 Å². The number of nitrogens with one attached hydrogen (secondary N) is 1. The number of carbonyl (C=O) groups excluding carboxylic acids is 2. The molecule has 2 amide bonds. The number of fused-ring (bicyclic) bond motifs is 1. The number of halogens is 1. The van der Waals surface area contributed by atoms with E-state index in [9.17, 15) is 9.59 Å². The summed E-state index contributed by atoms with van der Waals surface area (Å²) in [5.41, 5.74) is 2.24. The van der Waals surface area contributed by atoms with Crippen LogP contribution in [0.3, 0.4) is 0 Å². The van der Waals surface area contributed by atoms with Gasteiger partial charge in [-0.2, -0.15) is 0 Å². The summed E-state index contributed by atoms with van der Waals surface area (Å²) in [5.74, 6) is -0.210. The summed E-state index contributed by atoms with van der Waals surface area (Å²) < 4.78 is 0.700. The van der Waals surface area contributed by atoms with Gasteiger partial charge in [0, 0.05) is 24.8 Å². The van der Waals surface area contributed by atoms with Crippen molar-refractivity contribution in [3.8, 4) is 0 Å². The quantitative estimate of drug-likeness (QED) is 0.927. The number of benzene rings is 1. The predicted molar refractivity (Wildman–Crippen MR) is 91.3 cm³/mol. The summed E-state index contributed by atoms with van der Waals surface area (Å²) in [6.07, 6.45) is 0.548. The van der Waals surface area contributed by atoms with Crippen molar-refractivity contribution < 1.29 is 9.59 Å². The maximum absolute atomic E-state index is 12.6. The van der Waals surface area contributed by atoms with Crippen molar-refractivity contribution >= 4 is 34.8 Å². The van der Waals surface area contributed by atoms with Gasteiger partial charge in [0.05, 0.1) is 10.9 Å². The first-order valence-corrected chi connectivity index (χ1v) is 8.60. The molecule has 1 unspecified atom stereocenters. The van der Waals surface area contributed by atoms with Gasteiger partial charge in [0.15, 0.2) is 0 Å². The number of hydrogen-bond donors (Lipinski definition) is 1. The zero-order chi connectivity index (χ0) is 16.4. The predicted octanol–water partition coefficient (Wildman–Crippen LogP) is 2.99. The third-order valence-corrected chi connectivity index (χ3v) is 5.25. The second kappa shape index (κ2) is 6.72. The molecule has 1 aromatic carbocycles. The molecule has 4 nitrogen and oxygen atoms in total. The molecule has 0 fully saturated rings. The lowest BCUT2D eigenvalue weighted by Crippen LogP contribution is -2.51. The molecule has 23 heavy (non-hydrogen) atoms. The summed E-state index contributed by atoms with van der Waals surface area (Å²) in [6, 6.07) is 11.2. The minimum absolute atomic E-state index is 0.0844. The Morgan fingerprint density at radius 3 is 2.65 bits per heavy atom. The second-order valence-electron chi connectivity index (χ2n) is 5.56. The van der Waals surface area contributed by atoms with E-state index in [-0.39, 0.29) is 11.8 Å². The van der Waals surface area contributed by atoms with Gasteiger partial charge < -0.3 is 10.2 Å². The van der Waals surface area contributed by atoms with Crippen LogP contribution >= 0.6 is 22.9 Å². The number of nitrogens with zero attached hydrogens (tertiary/aromatic N) is 1. The van der Waals surface area contributed by atoms with Crippen molar-refractivity contribution in [1.29, 1.82) is 0 Å². The number of hydrogen-bond acceptors (Lipinski definition) is 3. The van der Waals surface area contributed by atoms with Crippen molar-refractivity contribution in [2.45, 2.75) is 32.5 Å². The molecule has 1 atom stereocenters. The van der Waals surface area contributed by atoms with Gasteiger partial charge in [-0.1, -0.05) is 35.9 Å². The number of rotatable bonds is 3. The van der Waals surface area contributed by atoms with E-state index in [1.165, 1.54) is 18.3 Å². The van der Waals surface area contributed by atoms with Gasteiger partial charge >= 0.3 is 0 Å². The van der Waals surface area contributed by atoms with E-state index >= 15 is 0 Å². The summed E-state index contributed by atoms with van der Waals surface area (Å²) in [5, 5.41) is 2.92. The molecule has 0 aliphatic carbocycles. The minimum atomic E-state index is -0.460. The van der Waals surface area contributed by atoms with E-state index in [0.717, 1.165) is 16.0 Å². The van der Waals surface area contributed by atoms with Gasteiger partial charge in [0.25, 0.3) is 0 Å². The maximum Gasteiger partial charge on any atom is 0.243 e. The van der Waals surface area contributed by atoms with Crippen LogP contribution in [0.2, 0.25) is 4.34 Å². The molecule has 2 aromatic rings. The van der Waals surface area contributed by atoms with Crippen molar-refractivity contribution in [2.24, 2.45) is 0 Å². The van der Waals surface area contributed by atoms with Gasteiger partial charge in [-0.05, 0) is 23.3 Å². The summed E-state index contributed by atoms with van der Waals surface area (Å²) in [7, 11) is 0. The molecule has 0 radical (unpaired) electrons. The van der Waals surface area contributed by atoms with Crippen LogP contribution in [0.25, 0.3) is 0 Å². The van der Waals surface area contributed by atoms with E-state index in [4.69, 9.17) is 11.6 Å². The normalized spacial score (nSPS) is 16.8. The highest BCUT2D eigenvalue weighted by Gasteiger charge is 2.32. The Bertz CT molecular complexity index is 744. The van der Waals surface area contributed by atoms with Crippen LogP contribution in [0, 0.1) is 0 Å². The van der Waals surface area contributed by atoms with Crippen LogP contribution < -0.4 is 5.32 Å². The highest BCUT2D eigenvalue weighted by Crippen LogP contribution is 2.24. The molecule has 1 aliphatic rings. The highest BCUT2D eigenvalue weighted by atomic mass is 35.5. The Morgan fingerprint density at radius 2 is 2.00 bits per heavy atom. The van der Waals surface area contributed by atoms with Gasteiger partial charge in [-0.3, -0.25) is 9.59 Å². The van der Waals surface area contributed by atoms with E-state index in [1.807, 2.05) is 36.4 Å². The highest BCUT2D eigenvalue weighted by molar-refractivity contribution is 7.16. The first kappa shape index (κ1) is 16.0. The van der Waals surface area contributed by atoms with Crippen molar-refractivity contribution in [3.05, 3.63) is 56.7 Å². The van der Waals surface area contributed by atoms with Crippen LogP contribution in [-0.4, -0.2) is 22.8 Å². The van der Waals surface area contributed by atoms with Gasteiger partial charge in [0.1, 0.15) is 6.04 Å². The lowest BCUT2D eigenvalue weighted by Gasteiger charge is -2.35. The summed E-state index contributed by atoms with van der Waals surface area (Å²) in [4.78, 5) is 27.1. The Morgan fingerprint density at radius 1 is 1.26 bits per heavy atom. The average Bonchev–Trinajstić information content (AvgIpc) is 2.96. The molecule has 2 heterocycles. The molecule has 0 saturated carbocycles. The fourth-order valence-corrected chi connectivity index (χ4v) is 3.85. The monoisotopic (exact) mass is 348 g/mol. The molecule has 3 rings (SSSR count). The van der Waals surface area contributed by atoms with Crippen molar-refractivity contribution in [3.63, 3.8) is 0 Å². The lowest BCUT2D eigenvalue weighted by molar-refractivity contribution is -0.140. The standard InChI is InChI=1S/C17H17ClN2O2S/c1-11(21)20-10-13-5-3-2-4-12(13)8-15(20)17(22)19-9-14-6-7-16(18)23-14/h2-7,15H,8-10H2,1H3,(H,19,22). The molecule has 1 aliphatic heterocycles. The van der Waals surface area contributed by atoms with Gasteiger partial charge in [-0.25, -0.2) is 0 Å². The minimum Gasteiger partial charge on any atom is -0.349 e. The van der Waals surface area contributed by atoms with Crippen LogP contribution in [0.1, 0.15) is 22.9 Å². The molecule has 120 valence electrons. The third-order valence-electron chi connectivity index (χ3n) is 4.02. The molecular weight excluding hydrogens is 332 g/mol. The Balaban J connectivity index is 1.73. The van der Waals surface area contributed by atoms with Crippen molar-refractivity contribution in [2.75, 3.05) is 0 Å². The zero-order valence-corrected chi connectivity index (χ0v) is 14.3. The fourth-order valence-electron chi connectivity index (χ4n) is 2.83. The molecule has 0 bridgehead atoms. The third kappa shape index (κ3) is 3.57. The molecule has 0 saturated heterocycles. The molecular formula is C17H17ClN2O2S. The number of amides is 2. The largest absolute Gasteiger partial charge is 0.349 e. The van der Waals surface area contributed by atoms with E-state index in [1.54, 1.807) is 4.90 Å². The summed E-state index contributed by atoms with van der Waals surface area (Å²) in [6.45, 7) is 2.42. The fraction of sp³-hybridized carbons (Fsp3) is 0.294. The molecule has 0 spiro atoms. The topological polar surface area (TPSA) is 49.4 Å². The smallest absolute Gasteiger partial charge is 0.243 e. The molecule has 1 N–H and O–H groups in total. The Hall–Kier alpha value is -1.85. The van der Waals surface area contributed by atoms with E-state index in [0.29, 0.717) is 23.8 Å². The van der Waals surface area contributed by atoms with Crippen molar-refractivity contribution in [1.82, 2.24) is 10.2 Å². The Kier molecular flexibility index (Phi) is 4.68. The molecule has 6 heteroatoms. The maximum atomic E-state index is 12.6. The van der Waals surface area contributed by atoms with Crippen LogP contribution in [-0.2, 0) is 29.1 Å². The Labute approximate surface area is 144 Å². The average molecular weight is 349 g/mol. The van der Waals surface area contributed by atoms with Gasteiger partial charge in [0.2, 0.25) is 11.8 Å². The number of thiophene rings is 1. The molecule has 1 aromatic heterocycles. The second-order valence-corrected chi connectivity index (χ2v) is 7.36. The first-order valence-electron chi connectivity index (χ1n) is 7.40. The SMILES string of the molecule is CC(=O)N1Cc2ccccc2CC1C(=O)NCc1ccc(Cl)s1. The van der Waals surface area contributed by atoms with E-state index in [2.05, 4.69) is 5.32 Å². The van der Waals surface area contributed by atoms with Crippen LogP contribution in [0.15, 0.2) is 36.4 Å². The summed E-state index contributed by atoms with van der Waals surface area (Å²) >= 11 is 7.34.